The van der Waals surface area contributed by atoms with Gasteiger partial charge in [-0.15, -0.1) is 0 Å². The topological polar surface area (TPSA) is 43.1 Å². The monoisotopic (exact) mass is 145 g/mol. The van der Waals surface area contributed by atoms with Crippen molar-refractivity contribution in [2.75, 3.05) is 0 Å². The zero-order valence-electron chi connectivity index (χ0n) is 3.53. The minimum Gasteiger partial charge on any atom is -0.287 e. The lowest BCUT2D eigenvalue weighted by atomic mass is 10.7. The molecule has 6 heteroatoms. The third-order valence-corrected chi connectivity index (χ3v) is 0.780. The molecular weight excluding hydrogens is 143 g/mol. The van der Waals surface area contributed by atoms with Crippen molar-refractivity contribution >= 4 is 16.2 Å². The zero-order chi connectivity index (χ0) is 6.78. The Kier molecular flexibility index (Phi) is 2.17. The van der Waals surface area contributed by atoms with Crippen LogP contribution in [0.3, 0.4) is 0 Å². The number of halogens is 3. The summed E-state index contributed by atoms with van der Waals surface area (Å²) in [6.07, 6.45) is -4.65. The average molecular weight is 145 g/mol. The first-order chi connectivity index (χ1) is 3.48. The first-order valence-corrected chi connectivity index (χ1v) is 2.22. The van der Waals surface area contributed by atoms with E-state index in [-0.39, 0.29) is 0 Å². The predicted octanol–water partition coefficient (Wildman–Crippen LogP) is -0.150. The third-order valence-electron chi connectivity index (χ3n) is 0.369. The molecule has 0 bridgehead atoms. The Balaban J connectivity index is 4.26. The van der Waals surface area contributed by atoms with Crippen molar-refractivity contribution in [3.8, 4) is 0 Å². The Labute approximate surface area is 46.6 Å². The first kappa shape index (κ1) is 7.64. The van der Waals surface area contributed by atoms with Crippen LogP contribution < -0.4 is 5.73 Å². The van der Waals surface area contributed by atoms with E-state index in [4.69, 9.17) is 0 Å². The van der Waals surface area contributed by atoms with Gasteiger partial charge < -0.3 is 0 Å². The third kappa shape index (κ3) is 2.08. The van der Waals surface area contributed by atoms with Crippen LogP contribution in [0, 0.1) is 0 Å². The van der Waals surface area contributed by atoms with Crippen LogP contribution in [0.4, 0.5) is 13.2 Å². The first-order valence-electron chi connectivity index (χ1n) is 1.48. The normalized spacial score (nSPS) is 11.0. The summed E-state index contributed by atoms with van der Waals surface area (Å²) in [4.78, 5) is -1.56. The number of hydrogen-bond donors (Lipinski definition) is 1. The largest absolute Gasteiger partial charge is 0.438 e. The van der Waals surface area contributed by atoms with Crippen LogP contribution in [-0.4, -0.2) is 15.4 Å². The van der Waals surface area contributed by atoms with Gasteiger partial charge in [-0.25, -0.2) is 4.21 Å². The molecule has 0 fully saturated rings. The molecule has 0 spiro atoms. The molecule has 0 heterocycles. The maximum atomic E-state index is 11.1. The fourth-order valence-electron chi connectivity index (χ4n) is 0.0472. The van der Waals surface area contributed by atoms with Crippen LogP contribution >= 0.6 is 0 Å². The molecular formula is C2H2F3NOS. The molecule has 0 aromatic carbocycles. The van der Waals surface area contributed by atoms with Gasteiger partial charge in [0.15, 0.2) is 4.99 Å². The van der Waals surface area contributed by atoms with Gasteiger partial charge in [0.05, 0.1) is 0 Å². The standard InChI is InChI=1S/C2H2F3NOS/c3-2(4,5)1(6)8-7/h6H2. The quantitative estimate of drug-likeness (QED) is 0.482. The van der Waals surface area contributed by atoms with Crippen LogP contribution in [0.25, 0.3) is 0 Å². The molecule has 48 valence electrons. The summed E-state index contributed by atoms with van der Waals surface area (Å²) in [5, 5.41) is 0. The van der Waals surface area contributed by atoms with E-state index in [1.807, 2.05) is 0 Å². The van der Waals surface area contributed by atoms with Crippen molar-refractivity contribution in [2.24, 2.45) is 5.73 Å². The number of hydrogen-bond acceptors (Lipinski definition) is 1. The minimum atomic E-state index is -4.65. The molecule has 0 aliphatic heterocycles. The van der Waals surface area contributed by atoms with E-state index in [1.54, 1.807) is 0 Å². The molecule has 8 heavy (non-hydrogen) atoms. The van der Waals surface area contributed by atoms with Crippen molar-refractivity contribution in [3.63, 3.8) is 0 Å². The zero-order valence-corrected chi connectivity index (χ0v) is 4.34. The summed E-state index contributed by atoms with van der Waals surface area (Å²) in [5.74, 6) is 0. The molecule has 0 amide bonds. The molecule has 0 aliphatic carbocycles. The fourth-order valence-corrected chi connectivity index (χ4v) is 0.142. The Morgan fingerprint density at radius 3 is 1.88 bits per heavy atom. The summed E-state index contributed by atoms with van der Waals surface area (Å²) in [6.45, 7) is 0. The van der Waals surface area contributed by atoms with E-state index in [0.717, 1.165) is 0 Å². The lowest BCUT2D eigenvalue weighted by molar-refractivity contribution is -0.0574. The second-order valence-electron chi connectivity index (χ2n) is 0.945. The van der Waals surface area contributed by atoms with Gasteiger partial charge in [-0.3, -0.25) is 5.73 Å². The van der Waals surface area contributed by atoms with Gasteiger partial charge in [0, 0.05) is 0 Å². The molecule has 0 saturated heterocycles. The van der Waals surface area contributed by atoms with Gasteiger partial charge in [-0.2, -0.15) is 13.2 Å². The highest BCUT2D eigenvalue weighted by Crippen LogP contribution is 2.12. The van der Waals surface area contributed by atoms with Crippen molar-refractivity contribution in [2.45, 2.75) is 6.18 Å². The van der Waals surface area contributed by atoms with E-state index in [0.29, 0.717) is 0 Å². The SMILES string of the molecule is NC(=S=O)C(F)(F)F. The predicted molar refractivity (Wildman–Crippen MR) is 23.4 cm³/mol. The highest BCUT2D eigenvalue weighted by molar-refractivity contribution is 7.66. The van der Waals surface area contributed by atoms with Crippen molar-refractivity contribution < 1.29 is 17.4 Å². The highest BCUT2D eigenvalue weighted by Gasteiger charge is 2.32. The summed E-state index contributed by atoms with van der Waals surface area (Å²) in [7, 11) is 0. The van der Waals surface area contributed by atoms with E-state index >= 15 is 0 Å². The molecule has 0 aliphatic rings. The summed E-state index contributed by atoms with van der Waals surface area (Å²) in [6, 6.07) is 0. The molecule has 0 unspecified atom stereocenters. The fraction of sp³-hybridized carbons (Fsp3) is 0.500. The van der Waals surface area contributed by atoms with Gasteiger partial charge in [0.25, 0.3) is 0 Å². The van der Waals surface area contributed by atoms with Gasteiger partial charge >= 0.3 is 6.18 Å². The molecule has 0 saturated carbocycles. The lowest BCUT2D eigenvalue weighted by Gasteiger charge is -1.98. The van der Waals surface area contributed by atoms with Crippen molar-refractivity contribution in [3.05, 3.63) is 0 Å². The van der Waals surface area contributed by atoms with E-state index in [1.165, 1.54) is 0 Å². The van der Waals surface area contributed by atoms with Crippen LogP contribution in [0.15, 0.2) is 0 Å². The molecule has 2 nitrogen and oxygen atoms in total. The maximum absolute atomic E-state index is 11.1. The summed E-state index contributed by atoms with van der Waals surface area (Å²) < 4.78 is 42.5. The maximum Gasteiger partial charge on any atom is 0.438 e. The minimum absolute atomic E-state index is 0.749. The average Bonchev–Trinajstić information content (AvgIpc) is 1.62. The molecule has 2 N–H and O–H groups in total. The van der Waals surface area contributed by atoms with E-state index < -0.39 is 22.4 Å². The van der Waals surface area contributed by atoms with Gasteiger partial charge in [0.1, 0.15) is 11.3 Å². The number of rotatable bonds is 0. The molecule has 0 aromatic rings. The summed E-state index contributed by atoms with van der Waals surface area (Å²) >= 11 is -0.749. The van der Waals surface area contributed by atoms with E-state index in [2.05, 4.69) is 5.73 Å². The second kappa shape index (κ2) is 2.27. The van der Waals surface area contributed by atoms with Crippen molar-refractivity contribution in [1.82, 2.24) is 0 Å². The lowest BCUT2D eigenvalue weighted by Crippen LogP contribution is -2.30. The van der Waals surface area contributed by atoms with Crippen LogP contribution in [0.5, 0.6) is 0 Å². The Hall–Kier alpha value is -0.360. The molecule has 0 radical (unpaired) electrons. The number of nitrogens with two attached hydrogens (primary N) is 1. The Bertz CT molecular complexity index is 135. The van der Waals surface area contributed by atoms with E-state index in [9.17, 15) is 17.4 Å². The van der Waals surface area contributed by atoms with Crippen LogP contribution in [-0.2, 0) is 11.3 Å². The smallest absolute Gasteiger partial charge is 0.287 e. The Morgan fingerprint density at radius 2 is 1.88 bits per heavy atom. The summed E-state index contributed by atoms with van der Waals surface area (Å²) in [5.41, 5.74) is 4.19. The van der Waals surface area contributed by atoms with Crippen LogP contribution in [0.1, 0.15) is 0 Å². The molecule has 0 rings (SSSR count). The molecule has 0 aromatic heterocycles. The van der Waals surface area contributed by atoms with Gasteiger partial charge in [-0.1, -0.05) is 0 Å². The molecule has 0 atom stereocenters. The van der Waals surface area contributed by atoms with Crippen molar-refractivity contribution in [1.29, 1.82) is 0 Å². The van der Waals surface area contributed by atoms with Gasteiger partial charge in [-0.05, 0) is 0 Å². The van der Waals surface area contributed by atoms with Gasteiger partial charge in [0.2, 0.25) is 0 Å². The Morgan fingerprint density at radius 1 is 1.50 bits per heavy atom. The second-order valence-corrected chi connectivity index (χ2v) is 1.55. The highest BCUT2D eigenvalue weighted by atomic mass is 32.1. The van der Waals surface area contributed by atoms with Crippen LogP contribution in [0.2, 0.25) is 0 Å². The number of alkyl halides is 3.